The summed E-state index contributed by atoms with van der Waals surface area (Å²) >= 11 is 3.36. The van der Waals surface area contributed by atoms with Crippen molar-refractivity contribution in [2.45, 2.75) is 0 Å². The van der Waals surface area contributed by atoms with E-state index in [-0.39, 0.29) is 5.82 Å². The molecule has 3 aromatic rings. The standard InChI is InChI=1S/C13H9BrFN3/c14-7-3-10-11(6-18-13(10)17-5-7)9-2-1-8(16)4-12(9)15/h1-6H,16H2,(H,17,18). The van der Waals surface area contributed by atoms with E-state index >= 15 is 0 Å². The summed E-state index contributed by atoms with van der Waals surface area (Å²) < 4.78 is 14.8. The highest BCUT2D eigenvalue weighted by atomic mass is 79.9. The van der Waals surface area contributed by atoms with Crippen molar-refractivity contribution in [3.63, 3.8) is 0 Å². The molecule has 0 atom stereocenters. The van der Waals surface area contributed by atoms with Crippen molar-refractivity contribution in [1.82, 2.24) is 9.97 Å². The predicted octanol–water partition coefficient (Wildman–Crippen LogP) is 3.71. The van der Waals surface area contributed by atoms with Gasteiger partial charge < -0.3 is 10.7 Å². The van der Waals surface area contributed by atoms with Crippen LogP contribution in [-0.4, -0.2) is 9.97 Å². The number of H-pyrrole nitrogens is 1. The summed E-state index contributed by atoms with van der Waals surface area (Å²) in [5.41, 5.74) is 7.97. The van der Waals surface area contributed by atoms with E-state index < -0.39 is 0 Å². The molecule has 5 heteroatoms. The van der Waals surface area contributed by atoms with Crippen LogP contribution in [0.2, 0.25) is 0 Å². The second-order valence-electron chi connectivity index (χ2n) is 3.99. The zero-order chi connectivity index (χ0) is 12.7. The van der Waals surface area contributed by atoms with Gasteiger partial charge in [0.25, 0.3) is 0 Å². The number of rotatable bonds is 1. The zero-order valence-corrected chi connectivity index (χ0v) is 10.8. The zero-order valence-electron chi connectivity index (χ0n) is 9.24. The van der Waals surface area contributed by atoms with Crippen LogP contribution in [0.4, 0.5) is 10.1 Å². The van der Waals surface area contributed by atoms with Crippen LogP contribution < -0.4 is 5.73 Å². The number of benzene rings is 1. The van der Waals surface area contributed by atoms with Crippen LogP contribution in [0.25, 0.3) is 22.2 Å². The molecule has 0 radical (unpaired) electrons. The van der Waals surface area contributed by atoms with E-state index in [2.05, 4.69) is 25.9 Å². The Kier molecular flexibility index (Phi) is 2.56. The van der Waals surface area contributed by atoms with Gasteiger partial charge in [0.15, 0.2) is 0 Å². The van der Waals surface area contributed by atoms with Crippen LogP contribution in [0.1, 0.15) is 0 Å². The maximum Gasteiger partial charge on any atom is 0.137 e. The van der Waals surface area contributed by atoms with E-state index in [1.165, 1.54) is 6.07 Å². The van der Waals surface area contributed by atoms with Gasteiger partial charge in [-0.2, -0.15) is 0 Å². The third kappa shape index (κ3) is 1.76. The highest BCUT2D eigenvalue weighted by molar-refractivity contribution is 9.10. The van der Waals surface area contributed by atoms with Gasteiger partial charge in [0.2, 0.25) is 0 Å². The van der Waals surface area contributed by atoms with Crippen LogP contribution in [0.15, 0.2) is 41.1 Å². The summed E-state index contributed by atoms with van der Waals surface area (Å²) in [5.74, 6) is -0.337. The number of aromatic nitrogens is 2. The minimum atomic E-state index is -0.337. The van der Waals surface area contributed by atoms with Crippen LogP contribution in [0.5, 0.6) is 0 Å². The van der Waals surface area contributed by atoms with E-state index in [1.54, 1.807) is 24.5 Å². The molecule has 1 aromatic carbocycles. The molecule has 0 bridgehead atoms. The van der Waals surface area contributed by atoms with Crippen molar-refractivity contribution in [3.05, 3.63) is 46.9 Å². The first-order valence-electron chi connectivity index (χ1n) is 5.33. The first-order chi connectivity index (χ1) is 8.65. The van der Waals surface area contributed by atoms with Gasteiger partial charge in [-0.3, -0.25) is 0 Å². The monoisotopic (exact) mass is 305 g/mol. The number of nitrogens with one attached hydrogen (secondary N) is 1. The summed E-state index contributed by atoms with van der Waals surface area (Å²) in [7, 11) is 0. The lowest BCUT2D eigenvalue weighted by Crippen LogP contribution is -1.88. The van der Waals surface area contributed by atoms with E-state index in [0.29, 0.717) is 11.3 Å². The van der Waals surface area contributed by atoms with Gasteiger partial charge in [0.05, 0.1) is 0 Å². The normalized spacial score (nSPS) is 11.0. The molecule has 90 valence electrons. The molecule has 2 aromatic heterocycles. The Morgan fingerprint density at radius 2 is 2.06 bits per heavy atom. The van der Waals surface area contributed by atoms with Gasteiger partial charge in [0.1, 0.15) is 11.5 Å². The highest BCUT2D eigenvalue weighted by Gasteiger charge is 2.11. The molecule has 3 N–H and O–H groups in total. The van der Waals surface area contributed by atoms with Gasteiger partial charge in [-0.1, -0.05) is 0 Å². The molecule has 0 aliphatic carbocycles. The lowest BCUT2D eigenvalue weighted by Gasteiger charge is -2.03. The molecule has 0 unspecified atom stereocenters. The Balaban J connectivity index is 2.28. The van der Waals surface area contributed by atoms with Crippen molar-refractivity contribution in [2.24, 2.45) is 0 Å². The fourth-order valence-corrected chi connectivity index (χ4v) is 2.28. The number of nitrogen functional groups attached to an aromatic ring is 1. The molecule has 0 saturated heterocycles. The van der Waals surface area contributed by atoms with Crippen LogP contribution >= 0.6 is 15.9 Å². The fraction of sp³-hybridized carbons (Fsp3) is 0. The van der Waals surface area contributed by atoms with Crippen molar-refractivity contribution < 1.29 is 4.39 Å². The molecule has 0 aliphatic rings. The number of aromatic amines is 1. The number of fused-ring (bicyclic) bond motifs is 1. The average molecular weight is 306 g/mol. The topological polar surface area (TPSA) is 54.7 Å². The van der Waals surface area contributed by atoms with Crippen molar-refractivity contribution in [2.75, 3.05) is 5.73 Å². The van der Waals surface area contributed by atoms with Gasteiger partial charge in [-0.25, -0.2) is 9.37 Å². The molecule has 0 amide bonds. The third-order valence-electron chi connectivity index (χ3n) is 2.78. The minimum absolute atomic E-state index is 0.337. The van der Waals surface area contributed by atoms with Crippen molar-refractivity contribution >= 4 is 32.7 Å². The number of nitrogens with zero attached hydrogens (tertiary/aromatic N) is 1. The van der Waals surface area contributed by atoms with Crippen LogP contribution in [0, 0.1) is 5.82 Å². The lowest BCUT2D eigenvalue weighted by molar-refractivity contribution is 0.632. The van der Waals surface area contributed by atoms with Gasteiger partial charge >= 0.3 is 0 Å². The lowest BCUT2D eigenvalue weighted by atomic mass is 10.0. The molecule has 18 heavy (non-hydrogen) atoms. The summed E-state index contributed by atoms with van der Waals surface area (Å²) in [6.45, 7) is 0. The van der Waals surface area contributed by atoms with Crippen LogP contribution in [0.3, 0.4) is 0 Å². The van der Waals surface area contributed by atoms with Crippen molar-refractivity contribution in [3.8, 4) is 11.1 Å². The van der Waals surface area contributed by atoms with E-state index in [0.717, 1.165) is 21.1 Å². The SMILES string of the molecule is Nc1ccc(-c2c[nH]c3ncc(Br)cc23)c(F)c1. The van der Waals surface area contributed by atoms with E-state index in [9.17, 15) is 4.39 Å². The molecule has 0 spiro atoms. The molecule has 3 rings (SSSR count). The Morgan fingerprint density at radius 3 is 2.83 bits per heavy atom. The Labute approximate surface area is 111 Å². The summed E-state index contributed by atoms with van der Waals surface area (Å²) in [6.07, 6.45) is 3.45. The second-order valence-corrected chi connectivity index (χ2v) is 4.91. The molecular weight excluding hydrogens is 297 g/mol. The number of hydrogen-bond acceptors (Lipinski definition) is 2. The number of anilines is 1. The number of pyridine rings is 1. The maximum absolute atomic E-state index is 13.9. The van der Waals surface area contributed by atoms with Gasteiger partial charge in [-0.15, -0.1) is 0 Å². The molecule has 3 nitrogen and oxygen atoms in total. The summed E-state index contributed by atoms with van der Waals surface area (Å²) in [4.78, 5) is 7.25. The summed E-state index contributed by atoms with van der Waals surface area (Å²) in [6, 6.07) is 6.58. The molecular formula is C13H9BrFN3. The molecule has 2 heterocycles. The average Bonchev–Trinajstić information content (AvgIpc) is 2.72. The number of halogens is 2. The first kappa shape index (κ1) is 11.2. The fourth-order valence-electron chi connectivity index (χ4n) is 1.95. The number of hydrogen-bond donors (Lipinski definition) is 2. The second kappa shape index (κ2) is 4.10. The molecule has 0 fully saturated rings. The van der Waals surface area contributed by atoms with Crippen LogP contribution in [-0.2, 0) is 0 Å². The summed E-state index contributed by atoms with van der Waals surface area (Å²) in [5, 5.41) is 0.869. The number of nitrogens with two attached hydrogens (primary N) is 1. The molecule has 0 aliphatic heterocycles. The van der Waals surface area contributed by atoms with Crippen molar-refractivity contribution in [1.29, 1.82) is 0 Å². The largest absolute Gasteiger partial charge is 0.399 e. The van der Waals surface area contributed by atoms with Gasteiger partial charge in [-0.05, 0) is 40.2 Å². The Hall–Kier alpha value is -1.88. The highest BCUT2D eigenvalue weighted by Crippen LogP contribution is 2.31. The quantitative estimate of drug-likeness (QED) is 0.673. The third-order valence-corrected chi connectivity index (χ3v) is 3.21. The Morgan fingerprint density at radius 1 is 1.22 bits per heavy atom. The minimum Gasteiger partial charge on any atom is -0.399 e. The van der Waals surface area contributed by atoms with E-state index in [4.69, 9.17) is 5.73 Å². The first-order valence-corrected chi connectivity index (χ1v) is 6.12. The molecule has 0 saturated carbocycles. The Bertz CT molecular complexity index is 736. The smallest absolute Gasteiger partial charge is 0.137 e. The van der Waals surface area contributed by atoms with E-state index in [1.807, 2.05) is 6.07 Å². The predicted molar refractivity (Wildman–Crippen MR) is 73.6 cm³/mol. The van der Waals surface area contributed by atoms with Gasteiger partial charge in [0, 0.05) is 39.1 Å². The maximum atomic E-state index is 13.9.